The summed E-state index contributed by atoms with van der Waals surface area (Å²) in [6.45, 7) is 0. The van der Waals surface area contributed by atoms with Crippen molar-refractivity contribution in [1.82, 2.24) is 19.5 Å². The summed E-state index contributed by atoms with van der Waals surface area (Å²) in [5.74, 6) is -0.0707. The second-order valence-electron chi connectivity index (χ2n) is 6.04. The van der Waals surface area contributed by atoms with E-state index in [-0.39, 0.29) is 23.2 Å². The summed E-state index contributed by atoms with van der Waals surface area (Å²) in [5.41, 5.74) is 0.420. The zero-order valence-corrected chi connectivity index (χ0v) is 14.9. The fourth-order valence-corrected chi connectivity index (χ4v) is 3.27. The monoisotopic (exact) mass is 378 g/mol. The van der Waals surface area contributed by atoms with Crippen LogP contribution in [-0.4, -0.2) is 25.4 Å². The van der Waals surface area contributed by atoms with Gasteiger partial charge in [-0.15, -0.1) is 0 Å². The van der Waals surface area contributed by atoms with Crippen molar-refractivity contribution in [1.29, 1.82) is 0 Å². The van der Waals surface area contributed by atoms with Crippen molar-refractivity contribution in [2.75, 3.05) is 0 Å². The van der Waals surface area contributed by atoms with Gasteiger partial charge in [0.2, 0.25) is 5.91 Å². The largest absolute Gasteiger partial charge is 0.331 e. The van der Waals surface area contributed by atoms with Crippen molar-refractivity contribution < 1.29 is 4.79 Å². The first-order valence-corrected chi connectivity index (χ1v) is 8.70. The summed E-state index contributed by atoms with van der Waals surface area (Å²) < 4.78 is 1.00. The number of aryl methyl sites for hydroxylation is 1. The van der Waals surface area contributed by atoms with Crippen LogP contribution < -0.4 is 11.1 Å². The summed E-state index contributed by atoms with van der Waals surface area (Å²) in [6, 6.07) is 13.8. The summed E-state index contributed by atoms with van der Waals surface area (Å²) in [6.07, 6.45) is 0.171. The molecule has 2 aromatic heterocycles. The zero-order valence-electron chi connectivity index (χ0n) is 14.1. The molecule has 27 heavy (non-hydrogen) atoms. The van der Waals surface area contributed by atoms with Crippen molar-refractivity contribution in [3.05, 3.63) is 79.8 Å². The lowest BCUT2D eigenvalue weighted by molar-refractivity contribution is 0.0895. The first-order chi connectivity index (χ1) is 13.0. The molecule has 0 saturated heterocycles. The van der Waals surface area contributed by atoms with E-state index in [2.05, 4.69) is 15.0 Å². The maximum atomic E-state index is 12.6. The number of H-pyrrole nitrogens is 2. The molecule has 0 amide bonds. The molecule has 0 unspecified atom stereocenters. The number of fused-ring (bicyclic) bond motifs is 2. The molecule has 2 aromatic carbocycles. The number of hydrogen-bond acceptors (Lipinski definition) is 5. The molecule has 2 heterocycles. The Hall–Kier alpha value is -3.39. The molecule has 0 fully saturated rings. The molecule has 8 heteroatoms. The second-order valence-corrected chi connectivity index (χ2v) is 6.43. The molecular weight excluding hydrogens is 364 g/mol. The molecule has 0 aliphatic rings. The van der Waals surface area contributed by atoms with E-state index in [9.17, 15) is 14.4 Å². The number of rotatable bonds is 3. The third kappa shape index (κ3) is 3.11. The van der Waals surface area contributed by atoms with Gasteiger partial charge in [0.1, 0.15) is 5.82 Å². The Morgan fingerprint density at radius 2 is 1.70 bits per heavy atom. The Kier molecular flexibility index (Phi) is 4.25. The molecule has 0 spiro atoms. The lowest BCUT2D eigenvalue weighted by atomic mass is 10.2. The Morgan fingerprint density at radius 1 is 1.00 bits per heavy atom. The molecule has 0 aliphatic carbocycles. The molecule has 0 bridgehead atoms. The van der Waals surface area contributed by atoms with Gasteiger partial charge in [-0.1, -0.05) is 24.3 Å². The van der Waals surface area contributed by atoms with Crippen molar-refractivity contribution in [3.8, 4) is 0 Å². The van der Waals surface area contributed by atoms with Crippen molar-refractivity contribution in [2.45, 2.75) is 12.8 Å². The topological polar surface area (TPSA) is 101 Å². The molecule has 0 radical (unpaired) electrons. The van der Waals surface area contributed by atoms with Gasteiger partial charge >= 0.3 is 0 Å². The highest BCUT2D eigenvalue weighted by molar-refractivity contribution is 7.71. The molecule has 4 aromatic rings. The van der Waals surface area contributed by atoms with Gasteiger partial charge in [0, 0.05) is 12.8 Å². The van der Waals surface area contributed by atoms with Gasteiger partial charge in [0.25, 0.3) is 11.1 Å². The average molecular weight is 378 g/mol. The Balaban J connectivity index is 1.66. The van der Waals surface area contributed by atoms with E-state index in [0.717, 1.165) is 4.57 Å². The fourth-order valence-electron chi connectivity index (χ4n) is 2.98. The number of carbonyl (C=O) groups excluding carboxylic acids is 1. The van der Waals surface area contributed by atoms with Crippen molar-refractivity contribution >= 4 is 39.9 Å². The third-order valence-corrected chi connectivity index (χ3v) is 4.58. The second kappa shape index (κ2) is 6.73. The van der Waals surface area contributed by atoms with Gasteiger partial charge in [-0.3, -0.25) is 14.4 Å². The number of carbonyl (C=O) groups is 1. The average Bonchev–Trinajstić information content (AvgIpc) is 2.66. The quantitative estimate of drug-likeness (QED) is 0.534. The SMILES string of the molecule is O=C(CCc1nc2ccccc2c(=O)[nH]1)n1c(=S)[nH]c2ccccc2c1=O. The van der Waals surface area contributed by atoms with Crippen LogP contribution in [0.2, 0.25) is 0 Å². The van der Waals surface area contributed by atoms with E-state index in [0.29, 0.717) is 27.6 Å². The Bertz CT molecular complexity index is 1370. The summed E-state index contributed by atoms with van der Waals surface area (Å²) in [7, 11) is 0. The van der Waals surface area contributed by atoms with Gasteiger partial charge in [0.15, 0.2) is 4.77 Å². The third-order valence-electron chi connectivity index (χ3n) is 4.29. The minimum atomic E-state index is -0.459. The van der Waals surface area contributed by atoms with Crippen molar-refractivity contribution in [3.63, 3.8) is 0 Å². The van der Waals surface area contributed by atoms with Crippen LogP contribution in [0.4, 0.5) is 0 Å². The minimum Gasteiger partial charge on any atom is -0.331 e. The lowest BCUT2D eigenvalue weighted by Crippen LogP contribution is -2.29. The molecule has 0 saturated carbocycles. The van der Waals surface area contributed by atoms with Crippen LogP contribution in [0, 0.1) is 4.77 Å². The molecule has 4 rings (SSSR count). The van der Waals surface area contributed by atoms with Crippen LogP contribution in [0.25, 0.3) is 21.8 Å². The minimum absolute atomic E-state index is 0.0169. The summed E-state index contributed by atoms with van der Waals surface area (Å²) >= 11 is 5.17. The molecule has 0 atom stereocenters. The van der Waals surface area contributed by atoms with E-state index >= 15 is 0 Å². The van der Waals surface area contributed by atoms with Crippen LogP contribution in [-0.2, 0) is 6.42 Å². The predicted octanol–water partition coefficient (Wildman–Crippen LogP) is 2.57. The first kappa shape index (κ1) is 17.0. The molecular formula is C19H14N4O3S. The molecule has 7 nitrogen and oxygen atoms in total. The van der Waals surface area contributed by atoms with Gasteiger partial charge in [0.05, 0.1) is 21.8 Å². The molecule has 134 valence electrons. The zero-order chi connectivity index (χ0) is 19.0. The van der Waals surface area contributed by atoms with Crippen LogP contribution in [0.1, 0.15) is 17.0 Å². The van der Waals surface area contributed by atoms with Gasteiger partial charge in [-0.2, -0.15) is 0 Å². The predicted molar refractivity (Wildman–Crippen MR) is 105 cm³/mol. The van der Waals surface area contributed by atoms with Gasteiger partial charge < -0.3 is 9.97 Å². The van der Waals surface area contributed by atoms with E-state index in [4.69, 9.17) is 12.2 Å². The number of hydrogen-bond donors (Lipinski definition) is 2. The molecule has 0 aliphatic heterocycles. The smallest absolute Gasteiger partial charge is 0.268 e. The Morgan fingerprint density at radius 3 is 2.52 bits per heavy atom. The highest BCUT2D eigenvalue weighted by atomic mass is 32.1. The number of para-hydroxylation sites is 2. The summed E-state index contributed by atoms with van der Waals surface area (Å²) in [5, 5.41) is 0.873. The highest BCUT2D eigenvalue weighted by Crippen LogP contribution is 2.09. The Labute approximate surface area is 157 Å². The normalized spacial score (nSPS) is 11.1. The number of aromatic nitrogens is 4. The van der Waals surface area contributed by atoms with Crippen LogP contribution in [0.15, 0.2) is 58.1 Å². The number of benzene rings is 2. The van der Waals surface area contributed by atoms with Crippen LogP contribution in [0.5, 0.6) is 0 Å². The summed E-state index contributed by atoms with van der Waals surface area (Å²) in [4.78, 5) is 47.3. The fraction of sp³-hybridized carbons (Fsp3) is 0.105. The van der Waals surface area contributed by atoms with Gasteiger partial charge in [-0.25, -0.2) is 9.55 Å². The first-order valence-electron chi connectivity index (χ1n) is 8.30. The van der Waals surface area contributed by atoms with E-state index in [1.54, 1.807) is 48.5 Å². The van der Waals surface area contributed by atoms with E-state index in [1.807, 2.05) is 0 Å². The van der Waals surface area contributed by atoms with Gasteiger partial charge in [-0.05, 0) is 36.5 Å². The number of nitrogens with zero attached hydrogens (tertiary/aromatic N) is 2. The highest BCUT2D eigenvalue weighted by Gasteiger charge is 2.13. The molecule has 2 N–H and O–H groups in total. The van der Waals surface area contributed by atoms with E-state index < -0.39 is 11.5 Å². The van der Waals surface area contributed by atoms with Crippen molar-refractivity contribution in [2.24, 2.45) is 0 Å². The maximum absolute atomic E-state index is 12.6. The van der Waals surface area contributed by atoms with E-state index in [1.165, 1.54) is 0 Å². The van der Waals surface area contributed by atoms with Crippen LogP contribution in [0.3, 0.4) is 0 Å². The standard InChI is InChI=1S/C19H14N4O3S/c24-16(23-18(26)12-6-2-4-8-14(12)21-19(23)27)10-9-15-20-13-7-3-1-5-11(13)17(25)22-15/h1-8H,9-10H2,(H,21,27)(H,20,22,25). The van der Waals surface area contributed by atoms with Crippen LogP contribution >= 0.6 is 12.2 Å². The number of aromatic amines is 2. The maximum Gasteiger partial charge on any atom is 0.268 e. The number of nitrogens with one attached hydrogen (secondary N) is 2. The lowest BCUT2D eigenvalue weighted by Gasteiger charge is -2.07.